The van der Waals surface area contributed by atoms with E-state index in [1.807, 2.05) is 24.3 Å². The summed E-state index contributed by atoms with van der Waals surface area (Å²) in [5, 5.41) is 3.82. The van der Waals surface area contributed by atoms with Crippen LogP contribution in [0.5, 0.6) is 0 Å². The largest absolute Gasteiger partial charge is 0.417 e. The summed E-state index contributed by atoms with van der Waals surface area (Å²) in [7, 11) is 0. The molecule has 0 amide bonds. The van der Waals surface area contributed by atoms with Crippen LogP contribution >= 0.6 is 11.6 Å². The van der Waals surface area contributed by atoms with Gasteiger partial charge in [0.05, 0.1) is 30.0 Å². The molecule has 0 radical (unpaired) electrons. The van der Waals surface area contributed by atoms with Crippen LogP contribution in [0.2, 0.25) is 5.02 Å². The Balaban J connectivity index is 1.61. The van der Waals surface area contributed by atoms with E-state index in [4.69, 9.17) is 16.3 Å². The second-order valence-electron chi connectivity index (χ2n) is 5.61. The first-order chi connectivity index (χ1) is 12.4. The van der Waals surface area contributed by atoms with Crippen LogP contribution in [-0.2, 0) is 10.9 Å². The molecule has 5 nitrogen and oxygen atoms in total. The number of aromatic nitrogens is 1. The number of rotatable bonds is 4. The summed E-state index contributed by atoms with van der Waals surface area (Å²) >= 11 is 5.81. The van der Waals surface area contributed by atoms with Crippen molar-refractivity contribution < 1.29 is 17.9 Å². The Morgan fingerprint density at radius 2 is 1.88 bits per heavy atom. The van der Waals surface area contributed by atoms with Crippen molar-refractivity contribution in [1.29, 1.82) is 0 Å². The van der Waals surface area contributed by atoms with E-state index in [-0.39, 0.29) is 10.8 Å². The monoisotopic (exact) mass is 384 g/mol. The molecule has 138 valence electrons. The van der Waals surface area contributed by atoms with Gasteiger partial charge in [-0.15, -0.1) is 0 Å². The minimum absolute atomic E-state index is 0.0563. The zero-order chi connectivity index (χ0) is 18.6. The van der Waals surface area contributed by atoms with Gasteiger partial charge in [-0.25, -0.2) is 4.98 Å². The van der Waals surface area contributed by atoms with Crippen molar-refractivity contribution in [1.82, 2.24) is 4.98 Å². The van der Waals surface area contributed by atoms with E-state index in [0.29, 0.717) is 19.4 Å². The minimum Gasteiger partial charge on any atom is -0.378 e. The number of hydrazone groups is 1. The number of ether oxygens (including phenoxy) is 1. The Bertz CT molecular complexity index is 775. The van der Waals surface area contributed by atoms with Crippen LogP contribution < -0.4 is 10.3 Å². The predicted molar refractivity (Wildman–Crippen MR) is 94.9 cm³/mol. The number of nitrogens with zero attached hydrogens (tertiary/aromatic N) is 3. The van der Waals surface area contributed by atoms with E-state index in [0.717, 1.165) is 30.4 Å². The van der Waals surface area contributed by atoms with Gasteiger partial charge in [-0.2, -0.15) is 18.3 Å². The van der Waals surface area contributed by atoms with Crippen molar-refractivity contribution in [2.75, 3.05) is 36.6 Å². The zero-order valence-corrected chi connectivity index (χ0v) is 14.4. The van der Waals surface area contributed by atoms with Crippen LogP contribution in [-0.4, -0.2) is 37.5 Å². The van der Waals surface area contributed by atoms with Crippen molar-refractivity contribution in [3.05, 3.63) is 52.7 Å². The molecule has 0 unspecified atom stereocenters. The first kappa shape index (κ1) is 18.5. The number of hydrogen-bond donors (Lipinski definition) is 1. The third kappa shape index (κ3) is 4.64. The van der Waals surface area contributed by atoms with Crippen LogP contribution in [0.4, 0.5) is 24.7 Å². The molecule has 26 heavy (non-hydrogen) atoms. The normalized spacial score (nSPS) is 15.5. The maximum Gasteiger partial charge on any atom is 0.417 e. The summed E-state index contributed by atoms with van der Waals surface area (Å²) in [5.41, 5.74) is 3.58. The molecule has 2 heterocycles. The standard InChI is InChI=1S/C17H16ClF3N4O/c18-15-9-13(17(19,20)21)11-22-16(15)24-23-10-12-1-3-14(4-2-12)25-5-7-26-8-6-25/h1-4,9-11H,5-8H2,(H,22,24)/b23-10-. The molecule has 1 aliphatic rings. The Morgan fingerprint density at radius 1 is 1.19 bits per heavy atom. The molecule has 0 saturated carbocycles. The average Bonchev–Trinajstić information content (AvgIpc) is 2.63. The molecule has 0 atom stereocenters. The van der Waals surface area contributed by atoms with E-state index < -0.39 is 11.7 Å². The van der Waals surface area contributed by atoms with E-state index in [1.165, 1.54) is 0 Å². The highest BCUT2D eigenvalue weighted by Gasteiger charge is 2.31. The lowest BCUT2D eigenvalue weighted by atomic mass is 10.2. The zero-order valence-electron chi connectivity index (χ0n) is 13.6. The van der Waals surface area contributed by atoms with E-state index >= 15 is 0 Å². The fourth-order valence-electron chi connectivity index (χ4n) is 2.44. The molecule has 0 bridgehead atoms. The Labute approximate surface area is 153 Å². The summed E-state index contributed by atoms with van der Waals surface area (Å²) in [6.45, 7) is 3.14. The molecule has 1 saturated heterocycles. The van der Waals surface area contributed by atoms with Crippen molar-refractivity contribution in [3.8, 4) is 0 Å². The van der Waals surface area contributed by atoms with Crippen molar-refractivity contribution in [2.24, 2.45) is 5.10 Å². The topological polar surface area (TPSA) is 49.8 Å². The lowest BCUT2D eigenvalue weighted by Gasteiger charge is -2.28. The number of anilines is 2. The molecule has 2 aromatic rings. The van der Waals surface area contributed by atoms with Crippen LogP contribution in [0, 0.1) is 0 Å². The molecule has 1 aliphatic heterocycles. The lowest BCUT2D eigenvalue weighted by molar-refractivity contribution is -0.137. The maximum atomic E-state index is 12.6. The van der Waals surface area contributed by atoms with Gasteiger partial charge < -0.3 is 9.64 Å². The van der Waals surface area contributed by atoms with Crippen LogP contribution in [0.25, 0.3) is 0 Å². The Hall–Kier alpha value is -2.32. The molecule has 0 spiro atoms. The summed E-state index contributed by atoms with van der Waals surface area (Å²) in [6.07, 6.45) is -2.24. The number of morpholine rings is 1. The first-order valence-corrected chi connectivity index (χ1v) is 8.26. The molecule has 3 rings (SSSR count). The second kappa shape index (κ2) is 7.92. The number of nitrogens with one attached hydrogen (secondary N) is 1. The second-order valence-corrected chi connectivity index (χ2v) is 6.02. The van der Waals surface area contributed by atoms with Crippen LogP contribution in [0.3, 0.4) is 0 Å². The highest BCUT2D eigenvalue weighted by molar-refractivity contribution is 6.32. The average molecular weight is 385 g/mol. The maximum absolute atomic E-state index is 12.6. The van der Waals surface area contributed by atoms with Gasteiger partial charge in [0.2, 0.25) is 0 Å². The number of alkyl halides is 3. The van der Waals surface area contributed by atoms with Gasteiger partial charge in [0.15, 0.2) is 5.82 Å². The van der Waals surface area contributed by atoms with E-state index in [9.17, 15) is 13.2 Å². The molecular weight excluding hydrogens is 369 g/mol. The summed E-state index contributed by atoms with van der Waals surface area (Å²) < 4.78 is 43.1. The molecule has 1 N–H and O–H groups in total. The van der Waals surface area contributed by atoms with Gasteiger partial charge in [0, 0.05) is 25.0 Å². The highest BCUT2D eigenvalue weighted by atomic mass is 35.5. The van der Waals surface area contributed by atoms with Crippen LogP contribution in [0.15, 0.2) is 41.6 Å². The number of pyridine rings is 1. The van der Waals surface area contributed by atoms with Gasteiger partial charge in [0.1, 0.15) is 0 Å². The third-order valence-corrected chi connectivity index (χ3v) is 4.11. The molecule has 0 aliphatic carbocycles. The predicted octanol–water partition coefficient (Wildman–Crippen LogP) is 4.04. The summed E-state index contributed by atoms with van der Waals surface area (Å²) in [6, 6.07) is 8.57. The SMILES string of the molecule is FC(F)(F)c1cnc(N/N=C\c2ccc(N3CCOCC3)cc2)c(Cl)c1. The molecule has 1 aromatic heterocycles. The van der Waals surface area contributed by atoms with Gasteiger partial charge in [-0.3, -0.25) is 5.43 Å². The van der Waals surface area contributed by atoms with Gasteiger partial charge >= 0.3 is 6.18 Å². The highest BCUT2D eigenvalue weighted by Crippen LogP contribution is 2.32. The quantitative estimate of drug-likeness (QED) is 0.638. The molecule has 9 heteroatoms. The van der Waals surface area contributed by atoms with Crippen LogP contribution in [0.1, 0.15) is 11.1 Å². The number of hydrogen-bond acceptors (Lipinski definition) is 5. The van der Waals surface area contributed by atoms with E-state index in [2.05, 4.69) is 20.4 Å². The number of benzene rings is 1. The lowest BCUT2D eigenvalue weighted by Crippen LogP contribution is -2.36. The summed E-state index contributed by atoms with van der Waals surface area (Å²) in [4.78, 5) is 5.89. The van der Waals surface area contributed by atoms with Gasteiger partial charge in [-0.05, 0) is 23.8 Å². The van der Waals surface area contributed by atoms with Gasteiger partial charge in [0.25, 0.3) is 0 Å². The van der Waals surface area contributed by atoms with Gasteiger partial charge in [-0.1, -0.05) is 23.7 Å². The smallest absolute Gasteiger partial charge is 0.378 e. The van der Waals surface area contributed by atoms with Crippen molar-refractivity contribution in [3.63, 3.8) is 0 Å². The van der Waals surface area contributed by atoms with Crippen molar-refractivity contribution in [2.45, 2.75) is 6.18 Å². The fourth-order valence-corrected chi connectivity index (χ4v) is 2.64. The Kier molecular flexibility index (Phi) is 5.63. The fraction of sp³-hybridized carbons (Fsp3) is 0.294. The molecular formula is C17H16ClF3N4O. The number of halogens is 4. The third-order valence-electron chi connectivity index (χ3n) is 3.82. The van der Waals surface area contributed by atoms with E-state index in [1.54, 1.807) is 6.21 Å². The molecule has 1 aromatic carbocycles. The summed E-state index contributed by atoms with van der Waals surface area (Å²) in [5.74, 6) is 0.0563. The molecule has 1 fully saturated rings. The first-order valence-electron chi connectivity index (χ1n) is 7.88. The van der Waals surface area contributed by atoms with Crippen molar-refractivity contribution >= 4 is 29.3 Å². The minimum atomic E-state index is -4.49. The Morgan fingerprint density at radius 3 is 2.50 bits per heavy atom.